The molecule has 1 aliphatic carbocycles. The van der Waals surface area contributed by atoms with Crippen LogP contribution in [0.2, 0.25) is 0 Å². The van der Waals surface area contributed by atoms with Gasteiger partial charge < -0.3 is 15.4 Å². The lowest BCUT2D eigenvalue weighted by atomic mass is 9.84. The van der Waals surface area contributed by atoms with Gasteiger partial charge in [0, 0.05) is 44.6 Å². The Balaban J connectivity index is 2.00. The molecule has 2 N–H and O–H groups in total. The maximum absolute atomic E-state index is 12.0. The highest BCUT2D eigenvalue weighted by Gasteiger charge is 2.24. The normalized spacial score (nSPS) is 20.0. The first-order valence-electron chi connectivity index (χ1n) is 10.0. The largest absolute Gasteiger partial charge is 0.381 e. The van der Waals surface area contributed by atoms with Gasteiger partial charge in [0.05, 0.1) is 0 Å². The molecule has 1 fully saturated rings. The van der Waals surface area contributed by atoms with Crippen molar-refractivity contribution in [2.75, 3.05) is 19.8 Å². The molecule has 0 aliphatic heterocycles. The molecule has 0 aromatic rings. The highest BCUT2D eigenvalue weighted by Crippen LogP contribution is 2.24. The van der Waals surface area contributed by atoms with Gasteiger partial charge >= 0.3 is 0 Å². The molecule has 0 saturated heterocycles. The van der Waals surface area contributed by atoms with Gasteiger partial charge in [0.1, 0.15) is 5.78 Å². The van der Waals surface area contributed by atoms with Crippen LogP contribution in [-0.4, -0.2) is 43.4 Å². The van der Waals surface area contributed by atoms with Gasteiger partial charge in [-0.1, -0.05) is 13.8 Å². The van der Waals surface area contributed by atoms with Gasteiger partial charge in [-0.25, -0.2) is 0 Å². The Morgan fingerprint density at radius 1 is 1.00 bits per heavy atom. The van der Waals surface area contributed by atoms with Crippen molar-refractivity contribution in [2.45, 2.75) is 78.2 Å². The molecule has 0 unspecified atom stereocenters. The molecule has 1 aliphatic rings. The third-order valence-corrected chi connectivity index (χ3v) is 4.71. The van der Waals surface area contributed by atoms with Crippen LogP contribution in [0, 0.1) is 11.8 Å². The number of nitrogens with one attached hydrogen (secondary N) is 2. The molecule has 150 valence electrons. The van der Waals surface area contributed by atoms with Crippen LogP contribution < -0.4 is 10.6 Å². The predicted octanol–water partition coefficient (Wildman–Crippen LogP) is 2.60. The van der Waals surface area contributed by atoms with Gasteiger partial charge in [-0.15, -0.1) is 0 Å². The van der Waals surface area contributed by atoms with Crippen molar-refractivity contribution < 1.29 is 19.1 Å². The lowest BCUT2D eigenvalue weighted by Crippen LogP contribution is -2.38. The lowest BCUT2D eigenvalue weighted by Gasteiger charge is -2.27. The summed E-state index contributed by atoms with van der Waals surface area (Å²) in [6.07, 6.45) is 5.58. The molecule has 0 atom stereocenters. The molecule has 0 aromatic carbocycles. The highest BCUT2D eigenvalue weighted by molar-refractivity contribution is 5.79. The SMILES string of the molecule is CC(=O)[C@H]1CC[C@H](NC(=O)CCCC(=O)NCCCOCC(C)C)CC1. The molecule has 6 nitrogen and oxygen atoms in total. The number of ether oxygens (including phenoxy) is 1. The fourth-order valence-electron chi connectivity index (χ4n) is 3.16. The summed E-state index contributed by atoms with van der Waals surface area (Å²) < 4.78 is 5.46. The topological polar surface area (TPSA) is 84.5 Å². The summed E-state index contributed by atoms with van der Waals surface area (Å²) in [5.41, 5.74) is 0. The van der Waals surface area contributed by atoms with E-state index < -0.39 is 0 Å². The Bertz CT molecular complexity index is 443. The second-order valence-corrected chi connectivity index (χ2v) is 7.75. The zero-order valence-electron chi connectivity index (χ0n) is 16.6. The highest BCUT2D eigenvalue weighted by atomic mass is 16.5. The van der Waals surface area contributed by atoms with Crippen LogP contribution in [0.4, 0.5) is 0 Å². The molecule has 0 bridgehead atoms. The summed E-state index contributed by atoms with van der Waals surface area (Å²) >= 11 is 0. The van der Waals surface area contributed by atoms with Crippen LogP contribution in [0.1, 0.15) is 72.1 Å². The summed E-state index contributed by atoms with van der Waals surface area (Å²) in [7, 11) is 0. The van der Waals surface area contributed by atoms with Crippen molar-refractivity contribution in [1.82, 2.24) is 10.6 Å². The molecule has 6 heteroatoms. The van der Waals surface area contributed by atoms with E-state index in [1.165, 1.54) is 0 Å². The number of amides is 2. The van der Waals surface area contributed by atoms with Gasteiger partial charge in [0.2, 0.25) is 11.8 Å². The molecular weight excluding hydrogens is 332 g/mol. The van der Waals surface area contributed by atoms with Crippen LogP contribution >= 0.6 is 0 Å². The standard InChI is InChI=1S/C20H36N2O4/c1-15(2)14-26-13-5-12-21-19(24)6-4-7-20(25)22-18-10-8-17(9-11-18)16(3)23/h15,17-18H,4-14H2,1-3H3,(H,21,24)(H,22,25)/t17-,18-. The van der Waals surface area contributed by atoms with Crippen molar-refractivity contribution in [3.05, 3.63) is 0 Å². The monoisotopic (exact) mass is 368 g/mol. The predicted molar refractivity (Wildman–Crippen MR) is 102 cm³/mol. The first-order chi connectivity index (χ1) is 12.4. The number of hydrogen-bond donors (Lipinski definition) is 2. The van der Waals surface area contributed by atoms with Crippen LogP contribution in [-0.2, 0) is 19.1 Å². The maximum Gasteiger partial charge on any atom is 0.220 e. The van der Waals surface area contributed by atoms with Gasteiger partial charge in [0.15, 0.2) is 0 Å². The quantitative estimate of drug-likeness (QED) is 0.519. The first kappa shape index (κ1) is 22.6. The minimum absolute atomic E-state index is 0.00570. The number of ketones is 1. The number of Topliss-reactive ketones (excluding diaryl/α,β-unsaturated/α-hetero) is 1. The Labute approximate surface area is 157 Å². The third kappa shape index (κ3) is 10.5. The van der Waals surface area contributed by atoms with Crippen molar-refractivity contribution >= 4 is 17.6 Å². The fraction of sp³-hybridized carbons (Fsp3) is 0.850. The van der Waals surface area contributed by atoms with E-state index in [2.05, 4.69) is 24.5 Å². The van der Waals surface area contributed by atoms with E-state index in [0.29, 0.717) is 38.3 Å². The molecule has 0 heterocycles. The van der Waals surface area contributed by atoms with E-state index in [4.69, 9.17) is 4.74 Å². The molecular formula is C20H36N2O4. The average molecular weight is 369 g/mol. The number of rotatable bonds is 12. The Morgan fingerprint density at radius 3 is 2.27 bits per heavy atom. The van der Waals surface area contributed by atoms with Crippen molar-refractivity contribution in [1.29, 1.82) is 0 Å². The van der Waals surface area contributed by atoms with Gasteiger partial charge in [0.25, 0.3) is 0 Å². The van der Waals surface area contributed by atoms with Gasteiger partial charge in [-0.05, 0) is 51.4 Å². The maximum atomic E-state index is 12.0. The number of carbonyl (C=O) groups excluding carboxylic acids is 3. The van der Waals surface area contributed by atoms with Crippen LogP contribution in [0.25, 0.3) is 0 Å². The molecule has 2 amide bonds. The Morgan fingerprint density at radius 2 is 1.65 bits per heavy atom. The number of carbonyl (C=O) groups is 3. The first-order valence-corrected chi connectivity index (χ1v) is 10.0. The fourth-order valence-corrected chi connectivity index (χ4v) is 3.16. The zero-order valence-corrected chi connectivity index (χ0v) is 16.6. The smallest absolute Gasteiger partial charge is 0.220 e. The van der Waals surface area contributed by atoms with Gasteiger partial charge in [-0.3, -0.25) is 14.4 Å². The number of hydrogen-bond acceptors (Lipinski definition) is 4. The summed E-state index contributed by atoms with van der Waals surface area (Å²) in [5, 5.41) is 5.89. The van der Waals surface area contributed by atoms with Crippen LogP contribution in [0.15, 0.2) is 0 Å². The van der Waals surface area contributed by atoms with E-state index in [9.17, 15) is 14.4 Å². The van der Waals surface area contributed by atoms with Crippen molar-refractivity contribution in [3.63, 3.8) is 0 Å². The van der Waals surface area contributed by atoms with E-state index in [-0.39, 0.29) is 29.6 Å². The van der Waals surface area contributed by atoms with Crippen molar-refractivity contribution in [2.24, 2.45) is 11.8 Å². The Kier molecular flexibility index (Phi) is 11.2. The summed E-state index contributed by atoms with van der Waals surface area (Å²) in [4.78, 5) is 35.1. The Hall–Kier alpha value is -1.43. The lowest BCUT2D eigenvalue weighted by molar-refractivity contribution is -0.123. The average Bonchev–Trinajstić information content (AvgIpc) is 2.58. The van der Waals surface area contributed by atoms with E-state index >= 15 is 0 Å². The molecule has 26 heavy (non-hydrogen) atoms. The second kappa shape index (κ2) is 12.8. The molecule has 0 radical (unpaired) electrons. The van der Waals surface area contributed by atoms with Gasteiger partial charge in [-0.2, -0.15) is 0 Å². The second-order valence-electron chi connectivity index (χ2n) is 7.75. The van der Waals surface area contributed by atoms with E-state index in [0.717, 1.165) is 38.7 Å². The van der Waals surface area contributed by atoms with E-state index in [1.54, 1.807) is 6.92 Å². The summed E-state index contributed by atoms with van der Waals surface area (Å²) in [6, 6.07) is 0.178. The summed E-state index contributed by atoms with van der Waals surface area (Å²) in [5.74, 6) is 0.949. The van der Waals surface area contributed by atoms with Crippen LogP contribution in [0.3, 0.4) is 0 Å². The van der Waals surface area contributed by atoms with Crippen molar-refractivity contribution in [3.8, 4) is 0 Å². The molecule has 0 aromatic heterocycles. The van der Waals surface area contributed by atoms with E-state index in [1.807, 2.05) is 0 Å². The minimum Gasteiger partial charge on any atom is -0.381 e. The molecule has 0 spiro atoms. The summed E-state index contributed by atoms with van der Waals surface area (Å²) in [6.45, 7) is 7.88. The molecule has 1 rings (SSSR count). The third-order valence-electron chi connectivity index (χ3n) is 4.71. The molecule has 1 saturated carbocycles. The zero-order chi connectivity index (χ0) is 19.4. The van der Waals surface area contributed by atoms with Crippen LogP contribution in [0.5, 0.6) is 0 Å². The minimum atomic E-state index is -0.0105.